The smallest absolute Gasteiger partial charge is 0.351 e. The molecular weight excluding hydrogens is 350 g/mol. The molecule has 1 fully saturated rings. The Kier molecular flexibility index (Phi) is 4.85. The van der Waals surface area contributed by atoms with Crippen LogP contribution in [0.4, 0.5) is 0 Å². The maximum atomic E-state index is 12.1. The van der Waals surface area contributed by atoms with E-state index in [0.29, 0.717) is 17.9 Å². The molecule has 0 unspecified atom stereocenters. The Hall–Kier alpha value is -2.29. The maximum Gasteiger partial charge on any atom is 0.351 e. The highest BCUT2D eigenvalue weighted by Gasteiger charge is 2.34. The first-order chi connectivity index (χ1) is 11.9. The third-order valence-electron chi connectivity index (χ3n) is 4.26. The molecule has 2 aliphatic heterocycles. The lowest BCUT2D eigenvalue weighted by molar-refractivity contribution is -0.160. The van der Waals surface area contributed by atoms with Crippen molar-refractivity contribution in [3.05, 3.63) is 24.3 Å². The minimum atomic E-state index is -3.09. The number of sulfone groups is 1. The monoisotopic (exact) mass is 369 g/mol. The lowest BCUT2D eigenvalue weighted by Gasteiger charge is -2.26. The number of carbonyl (C=O) groups is 2. The van der Waals surface area contributed by atoms with E-state index in [0.717, 1.165) is 0 Å². The number of para-hydroxylation sites is 2. The van der Waals surface area contributed by atoms with E-state index >= 15 is 0 Å². The third kappa shape index (κ3) is 4.04. The van der Waals surface area contributed by atoms with Gasteiger partial charge in [-0.3, -0.25) is 4.79 Å². The van der Waals surface area contributed by atoms with Gasteiger partial charge in [0.2, 0.25) is 6.10 Å². The van der Waals surface area contributed by atoms with Gasteiger partial charge in [0.05, 0.1) is 11.5 Å². The van der Waals surface area contributed by atoms with E-state index in [2.05, 4.69) is 0 Å². The van der Waals surface area contributed by atoms with Gasteiger partial charge in [-0.25, -0.2) is 13.2 Å². The number of carbonyl (C=O) groups excluding carboxylic acids is 2. The summed E-state index contributed by atoms with van der Waals surface area (Å²) in [6.07, 6.45) is -0.547. The number of hydrogen-bond donors (Lipinski definition) is 0. The van der Waals surface area contributed by atoms with Crippen LogP contribution in [0.1, 0.15) is 6.42 Å². The summed E-state index contributed by atoms with van der Waals surface area (Å²) in [4.78, 5) is 25.5. The zero-order chi connectivity index (χ0) is 18.0. The standard InChI is InChI=1S/C16H19NO7S/c1-17(11-6-7-25(20,21)10-11)15(18)9-23-16(19)14-8-22-12-4-2-3-5-13(12)24-14/h2-5,11,14H,6-10H2,1H3/t11-,14+/m1/s1. The van der Waals surface area contributed by atoms with Crippen LogP contribution in [0, 0.1) is 0 Å². The minimum absolute atomic E-state index is 0.000739. The van der Waals surface area contributed by atoms with Crippen LogP contribution >= 0.6 is 0 Å². The highest BCUT2D eigenvalue weighted by molar-refractivity contribution is 7.91. The molecule has 25 heavy (non-hydrogen) atoms. The summed E-state index contributed by atoms with van der Waals surface area (Å²) in [5.41, 5.74) is 0. The van der Waals surface area contributed by atoms with Gasteiger partial charge in [-0.2, -0.15) is 0 Å². The molecule has 0 radical (unpaired) electrons. The van der Waals surface area contributed by atoms with E-state index in [1.165, 1.54) is 11.9 Å². The maximum absolute atomic E-state index is 12.1. The summed E-state index contributed by atoms with van der Waals surface area (Å²) in [5, 5.41) is 0. The second-order valence-corrected chi connectivity index (χ2v) is 8.26. The number of ether oxygens (including phenoxy) is 3. The average Bonchev–Trinajstić information content (AvgIpc) is 2.98. The summed E-state index contributed by atoms with van der Waals surface area (Å²) in [6, 6.07) is 6.57. The molecule has 0 aromatic heterocycles. The molecule has 9 heteroatoms. The molecule has 1 saturated heterocycles. The average molecular weight is 369 g/mol. The van der Waals surface area contributed by atoms with E-state index in [1.807, 2.05) is 0 Å². The van der Waals surface area contributed by atoms with Gasteiger partial charge in [-0.05, 0) is 18.6 Å². The van der Waals surface area contributed by atoms with Crippen LogP contribution in [0.2, 0.25) is 0 Å². The van der Waals surface area contributed by atoms with Gasteiger partial charge in [0, 0.05) is 13.1 Å². The van der Waals surface area contributed by atoms with Crippen molar-refractivity contribution in [2.24, 2.45) is 0 Å². The van der Waals surface area contributed by atoms with Crippen molar-refractivity contribution in [2.75, 3.05) is 31.8 Å². The van der Waals surface area contributed by atoms with E-state index in [4.69, 9.17) is 14.2 Å². The molecule has 0 bridgehead atoms. The Labute approximate surface area is 145 Å². The molecule has 8 nitrogen and oxygen atoms in total. The van der Waals surface area contributed by atoms with Gasteiger partial charge in [0.1, 0.15) is 6.61 Å². The third-order valence-corrected chi connectivity index (χ3v) is 6.01. The van der Waals surface area contributed by atoms with Crippen LogP contribution in [0.3, 0.4) is 0 Å². The summed E-state index contributed by atoms with van der Waals surface area (Å²) in [5.74, 6) is -0.149. The molecule has 2 aliphatic rings. The number of hydrogen-bond acceptors (Lipinski definition) is 7. The molecular formula is C16H19NO7S. The number of esters is 1. The summed E-state index contributed by atoms with van der Waals surface area (Å²) in [6.45, 7) is -0.464. The fourth-order valence-electron chi connectivity index (χ4n) is 2.75. The Morgan fingerprint density at radius 3 is 2.68 bits per heavy atom. The quantitative estimate of drug-likeness (QED) is 0.690. The first kappa shape index (κ1) is 17.5. The molecule has 2 atom stereocenters. The SMILES string of the molecule is CN(C(=O)COC(=O)[C@@H]1COc2ccccc2O1)[C@@H]1CCS(=O)(=O)C1. The Morgan fingerprint density at radius 2 is 2.00 bits per heavy atom. The lowest BCUT2D eigenvalue weighted by Crippen LogP contribution is -2.42. The van der Waals surface area contributed by atoms with Crippen molar-refractivity contribution >= 4 is 21.7 Å². The van der Waals surface area contributed by atoms with Crippen LogP contribution < -0.4 is 9.47 Å². The van der Waals surface area contributed by atoms with Crippen LogP contribution in [0.25, 0.3) is 0 Å². The largest absolute Gasteiger partial charge is 0.485 e. The van der Waals surface area contributed by atoms with E-state index in [9.17, 15) is 18.0 Å². The Balaban J connectivity index is 1.50. The second-order valence-electron chi connectivity index (χ2n) is 6.03. The van der Waals surface area contributed by atoms with Gasteiger partial charge in [-0.1, -0.05) is 12.1 Å². The molecule has 1 aromatic carbocycles. The van der Waals surface area contributed by atoms with Crippen molar-refractivity contribution in [1.82, 2.24) is 4.90 Å². The zero-order valence-corrected chi connectivity index (χ0v) is 14.5. The minimum Gasteiger partial charge on any atom is -0.485 e. The Morgan fingerprint density at radius 1 is 1.28 bits per heavy atom. The number of fused-ring (bicyclic) bond motifs is 1. The van der Waals surface area contributed by atoms with E-state index in [1.54, 1.807) is 24.3 Å². The molecule has 0 aliphatic carbocycles. The number of benzene rings is 1. The highest BCUT2D eigenvalue weighted by atomic mass is 32.2. The molecule has 0 spiro atoms. The van der Waals surface area contributed by atoms with Crippen LogP contribution in [0.5, 0.6) is 11.5 Å². The van der Waals surface area contributed by atoms with E-state index < -0.39 is 34.4 Å². The molecule has 136 valence electrons. The highest BCUT2D eigenvalue weighted by Crippen LogP contribution is 2.31. The molecule has 0 N–H and O–H groups in total. The lowest BCUT2D eigenvalue weighted by atomic mass is 10.2. The summed E-state index contributed by atoms with van der Waals surface area (Å²) < 4.78 is 38.9. The van der Waals surface area contributed by atoms with Crippen molar-refractivity contribution in [2.45, 2.75) is 18.6 Å². The number of rotatable bonds is 4. The molecule has 2 heterocycles. The van der Waals surface area contributed by atoms with Gasteiger partial charge in [0.15, 0.2) is 27.9 Å². The fourth-order valence-corrected chi connectivity index (χ4v) is 4.52. The topological polar surface area (TPSA) is 99.2 Å². The van der Waals surface area contributed by atoms with Crippen LogP contribution in [0.15, 0.2) is 24.3 Å². The number of nitrogens with zero attached hydrogens (tertiary/aromatic N) is 1. The normalized spacial score (nSPS) is 23.7. The van der Waals surface area contributed by atoms with Crippen molar-refractivity contribution < 1.29 is 32.2 Å². The molecule has 0 saturated carbocycles. The first-order valence-electron chi connectivity index (χ1n) is 7.87. The van der Waals surface area contributed by atoms with Gasteiger partial charge >= 0.3 is 5.97 Å². The second kappa shape index (κ2) is 6.91. The summed E-state index contributed by atoms with van der Waals surface area (Å²) in [7, 11) is -1.58. The zero-order valence-electron chi connectivity index (χ0n) is 13.7. The van der Waals surface area contributed by atoms with Gasteiger partial charge in [0.25, 0.3) is 5.91 Å². The molecule has 3 rings (SSSR count). The number of amides is 1. The fraction of sp³-hybridized carbons (Fsp3) is 0.500. The van der Waals surface area contributed by atoms with E-state index in [-0.39, 0.29) is 24.2 Å². The first-order valence-corrected chi connectivity index (χ1v) is 9.69. The van der Waals surface area contributed by atoms with Crippen molar-refractivity contribution in [1.29, 1.82) is 0 Å². The van der Waals surface area contributed by atoms with Gasteiger partial charge < -0.3 is 19.1 Å². The van der Waals surface area contributed by atoms with Crippen LogP contribution in [-0.4, -0.2) is 69.1 Å². The predicted molar refractivity (Wildman–Crippen MR) is 87.1 cm³/mol. The van der Waals surface area contributed by atoms with Crippen molar-refractivity contribution in [3.63, 3.8) is 0 Å². The van der Waals surface area contributed by atoms with Crippen molar-refractivity contribution in [3.8, 4) is 11.5 Å². The molecule has 1 aromatic rings. The molecule has 1 amide bonds. The predicted octanol–water partition coefficient (Wildman–Crippen LogP) is 0.0151. The van der Waals surface area contributed by atoms with Crippen LogP contribution in [-0.2, 0) is 24.2 Å². The van der Waals surface area contributed by atoms with Gasteiger partial charge in [-0.15, -0.1) is 0 Å². The number of likely N-dealkylation sites (N-methyl/N-ethyl adjacent to an activating group) is 1. The Bertz CT molecular complexity index is 776. The summed E-state index contributed by atoms with van der Waals surface area (Å²) >= 11 is 0.